The van der Waals surface area contributed by atoms with Crippen LogP contribution in [0.1, 0.15) is 61.4 Å². The van der Waals surface area contributed by atoms with Gasteiger partial charge in [-0.05, 0) is 55.2 Å². The summed E-state index contributed by atoms with van der Waals surface area (Å²) in [6.07, 6.45) is 5.53. The molecule has 0 atom stereocenters. The summed E-state index contributed by atoms with van der Waals surface area (Å²) in [4.78, 5) is 23.2. The summed E-state index contributed by atoms with van der Waals surface area (Å²) in [5.41, 5.74) is 2.99. The largest absolute Gasteiger partial charge is 0.465 e. The molecule has 130 valence electrons. The van der Waals surface area contributed by atoms with Crippen LogP contribution in [0, 0.1) is 5.92 Å². The molecule has 0 heterocycles. The van der Waals surface area contributed by atoms with Crippen molar-refractivity contribution in [1.29, 1.82) is 0 Å². The van der Waals surface area contributed by atoms with Gasteiger partial charge in [0.1, 0.15) is 0 Å². The fourth-order valence-electron chi connectivity index (χ4n) is 2.93. The van der Waals surface area contributed by atoms with Gasteiger partial charge in [-0.2, -0.15) is 0 Å². The van der Waals surface area contributed by atoms with Crippen molar-refractivity contribution in [2.24, 2.45) is 5.92 Å². The zero-order chi connectivity index (χ0) is 17.5. The van der Waals surface area contributed by atoms with Gasteiger partial charge in [0.15, 0.2) is 0 Å². The van der Waals surface area contributed by atoms with Crippen molar-refractivity contribution in [3.8, 4) is 0 Å². The molecule has 1 aromatic carbocycles. The number of rotatable bonds is 5. The third-order valence-corrected chi connectivity index (χ3v) is 4.31. The molecule has 1 aliphatic carbocycles. The molecule has 1 saturated carbocycles. The van der Waals surface area contributed by atoms with Gasteiger partial charge in [0.25, 0.3) is 0 Å². The van der Waals surface area contributed by atoms with E-state index in [2.05, 4.69) is 0 Å². The highest BCUT2D eigenvalue weighted by Crippen LogP contribution is 2.35. The molecule has 0 spiro atoms. The van der Waals surface area contributed by atoms with Crippen LogP contribution in [-0.4, -0.2) is 25.7 Å². The average molecular weight is 330 g/mol. The normalized spacial score (nSPS) is 17.5. The van der Waals surface area contributed by atoms with Gasteiger partial charge < -0.3 is 9.47 Å². The fourth-order valence-corrected chi connectivity index (χ4v) is 2.93. The van der Waals surface area contributed by atoms with Crippen molar-refractivity contribution < 1.29 is 19.1 Å². The van der Waals surface area contributed by atoms with Gasteiger partial charge >= 0.3 is 11.9 Å². The van der Waals surface area contributed by atoms with Crippen molar-refractivity contribution >= 4 is 11.9 Å². The van der Waals surface area contributed by atoms with Crippen molar-refractivity contribution in [1.82, 2.24) is 0 Å². The molecular weight excluding hydrogens is 304 g/mol. The Labute approximate surface area is 143 Å². The number of ether oxygens (including phenoxy) is 2. The number of methoxy groups -OCH3 is 1. The van der Waals surface area contributed by atoms with E-state index in [0.29, 0.717) is 24.0 Å². The first-order valence-electron chi connectivity index (χ1n) is 8.54. The van der Waals surface area contributed by atoms with Gasteiger partial charge in [-0.3, -0.25) is 0 Å². The van der Waals surface area contributed by atoms with Gasteiger partial charge in [0.2, 0.25) is 0 Å². The first-order valence-corrected chi connectivity index (χ1v) is 8.54. The number of esters is 2. The molecule has 1 aromatic rings. The van der Waals surface area contributed by atoms with Crippen molar-refractivity contribution in [3.63, 3.8) is 0 Å². The lowest BCUT2D eigenvalue weighted by atomic mass is 9.81. The van der Waals surface area contributed by atoms with Gasteiger partial charge in [0, 0.05) is 6.08 Å². The number of carbonyl (C=O) groups excluding carboxylic acids is 2. The number of allylic oxidation sites excluding steroid dienone is 1. The lowest BCUT2D eigenvalue weighted by molar-refractivity contribution is -0.138. The van der Waals surface area contributed by atoms with Crippen LogP contribution in [0.3, 0.4) is 0 Å². The second-order valence-corrected chi connectivity index (χ2v) is 6.71. The molecule has 0 aromatic heterocycles. The van der Waals surface area contributed by atoms with E-state index in [1.807, 2.05) is 38.1 Å². The first kappa shape index (κ1) is 18.2. The van der Waals surface area contributed by atoms with Crippen LogP contribution in [-0.2, 0) is 14.3 Å². The topological polar surface area (TPSA) is 52.6 Å². The van der Waals surface area contributed by atoms with Gasteiger partial charge in [0.05, 0.1) is 19.3 Å². The summed E-state index contributed by atoms with van der Waals surface area (Å²) >= 11 is 0. The standard InChI is InChI=1S/C20H26O4/c1-14(2)13-24-19(21)12-15-4-6-16(7-5-15)17-8-10-18(11-9-17)20(22)23-3/h8-12,14,16H,4-7,13H2,1-3H3. The van der Waals surface area contributed by atoms with E-state index < -0.39 is 0 Å². The smallest absolute Gasteiger partial charge is 0.337 e. The van der Waals surface area contributed by atoms with E-state index >= 15 is 0 Å². The third-order valence-electron chi connectivity index (χ3n) is 4.31. The van der Waals surface area contributed by atoms with E-state index in [0.717, 1.165) is 25.7 Å². The van der Waals surface area contributed by atoms with Crippen LogP contribution in [0.15, 0.2) is 35.9 Å². The molecule has 1 aliphatic rings. The first-order chi connectivity index (χ1) is 11.5. The van der Waals surface area contributed by atoms with E-state index in [4.69, 9.17) is 9.47 Å². The minimum Gasteiger partial charge on any atom is -0.465 e. The highest BCUT2D eigenvalue weighted by molar-refractivity contribution is 5.89. The monoisotopic (exact) mass is 330 g/mol. The Morgan fingerprint density at radius 1 is 1.17 bits per heavy atom. The summed E-state index contributed by atoms with van der Waals surface area (Å²) in [6.45, 7) is 4.52. The molecule has 0 aliphatic heterocycles. The number of carbonyl (C=O) groups is 2. The van der Waals surface area contributed by atoms with Gasteiger partial charge in [-0.15, -0.1) is 0 Å². The quantitative estimate of drug-likeness (QED) is 0.598. The molecule has 24 heavy (non-hydrogen) atoms. The Morgan fingerprint density at radius 3 is 2.33 bits per heavy atom. The van der Waals surface area contributed by atoms with E-state index in [1.54, 1.807) is 6.08 Å². The maximum absolute atomic E-state index is 11.8. The van der Waals surface area contributed by atoms with Crippen LogP contribution in [0.25, 0.3) is 0 Å². The Balaban J connectivity index is 1.88. The van der Waals surface area contributed by atoms with Crippen LogP contribution in [0.4, 0.5) is 0 Å². The Kier molecular flexibility index (Phi) is 6.59. The third kappa shape index (κ3) is 5.22. The summed E-state index contributed by atoms with van der Waals surface area (Å²) in [6, 6.07) is 7.64. The molecule has 1 fully saturated rings. The molecule has 0 radical (unpaired) electrons. The highest BCUT2D eigenvalue weighted by Gasteiger charge is 2.19. The number of benzene rings is 1. The predicted octanol–water partition coefficient (Wildman–Crippen LogP) is 4.26. The summed E-state index contributed by atoms with van der Waals surface area (Å²) in [5.74, 6) is 0.298. The van der Waals surface area contributed by atoms with Crippen molar-refractivity contribution in [3.05, 3.63) is 47.0 Å². The molecule has 0 amide bonds. The lowest BCUT2D eigenvalue weighted by Gasteiger charge is -2.24. The molecule has 2 rings (SSSR count). The molecule has 0 N–H and O–H groups in total. The van der Waals surface area contributed by atoms with Crippen LogP contribution in [0.5, 0.6) is 0 Å². The average Bonchev–Trinajstić information content (AvgIpc) is 2.60. The SMILES string of the molecule is COC(=O)c1ccc(C2CCC(=CC(=O)OCC(C)C)CC2)cc1. The summed E-state index contributed by atoms with van der Waals surface area (Å²) in [7, 11) is 1.39. The van der Waals surface area contributed by atoms with Gasteiger partial charge in [-0.1, -0.05) is 31.6 Å². The molecule has 4 heteroatoms. The fraction of sp³-hybridized carbons (Fsp3) is 0.500. The second kappa shape index (κ2) is 8.67. The molecule has 4 nitrogen and oxygen atoms in total. The van der Waals surface area contributed by atoms with Crippen LogP contribution >= 0.6 is 0 Å². The summed E-state index contributed by atoms with van der Waals surface area (Å²) in [5, 5.41) is 0. The summed E-state index contributed by atoms with van der Waals surface area (Å²) < 4.78 is 9.92. The zero-order valence-electron chi connectivity index (χ0n) is 14.7. The maximum Gasteiger partial charge on any atom is 0.337 e. The van der Waals surface area contributed by atoms with Gasteiger partial charge in [-0.25, -0.2) is 9.59 Å². The minimum atomic E-state index is -0.310. The Bertz CT molecular complexity index is 589. The number of hydrogen-bond donors (Lipinski definition) is 0. The van der Waals surface area contributed by atoms with E-state index in [1.165, 1.54) is 18.2 Å². The Morgan fingerprint density at radius 2 is 1.79 bits per heavy atom. The maximum atomic E-state index is 11.8. The molecule has 0 bridgehead atoms. The van der Waals surface area contributed by atoms with Crippen molar-refractivity contribution in [2.75, 3.05) is 13.7 Å². The van der Waals surface area contributed by atoms with E-state index in [-0.39, 0.29) is 11.9 Å². The molecule has 0 saturated heterocycles. The predicted molar refractivity (Wildman–Crippen MR) is 92.9 cm³/mol. The minimum absolute atomic E-state index is 0.223. The van der Waals surface area contributed by atoms with E-state index in [9.17, 15) is 9.59 Å². The Hall–Kier alpha value is -2.10. The second-order valence-electron chi connectivity index (χ2n) is 6.71. The lowest BCUT2D eigenvalue weighted by Crippen LogP contribution is -2.11. The van der Waals surface area contributed by atoms with Crippen LogP contribution < -0.4 is 0 Å². The van der Waals surface area contributed by atoms with Crippen LogP contribution in [0.2, 0.25) is 0 Å². The highest BCUT2D eigenvalue weighted by atomic mass is 16.5. The molecular formula is C20H26O4. The number of hydrogen-bond acceptors (Lipinski definition) is 4. The molecule has 0 unspecified atom stereocenters. The van der Waals surface area contributed by atoms with Crippen molar-refractivity contribution in [2.45, 2.75) is 45.4 Å². The zero-order valence-corrected chi connectivity index (χ0v) is 14.7.